The van der Waals surface area contributed by atoms with Crippen molar-refractivity contribution in [1.82, 2.24) is 24.2 Å². The fraction of sp³-hybridized carbons (Fsp3) is 0.406. The van der Waals surface area contributed by atoms with Gasteiger partial charge in [0.15, 0.2) is 11.4 Å². The molecule has 0 atom stereocenters. The van der Waals surface area contributed by atoms with Gasteiger partial charge in [0.2, 0.25) is 0 Å². The van der Waals surface area contributed by atoms with E-state index in [1.54, 1.807) is 6.20 Å². The number of hydrogen-bond donors (Lipinski definition) is 0. The van der Waals surface area contributed by atoms with Crippen LogP contribution in [0.3, 0.4) is 0 Å². The number of nitrogens with zero attached hydrogens (tertiary/aromatic N) is 5. The molecule has 2 aromatic carbocycles. The number of carbonyl (C=O) groups excluding carboxylic acids is 1. The first-order chi connectivity index (χ1) is 18.8. The second kappa shape index (κ2) is 9.26. The molecule has 3 heterocycles. The first-order valence-electron chi connectivity index (χ1n) is 13.9. The average molecular weight is 540 g/mol. The van der Waals surface area contributed by atoms with Crippen LogP contribution < -0.4 is 0 Å². The minimum atomic E-state index is 0.147. The molecule has 4 aromatic rings. The predicted molar refractivity (Wildman–Crippen MR) is 154 cm³/mol. The van der Waals surface area contributed by atoms with Crippen LogP contribution in [-0.2, 0) is 23.8 Å². The van der Waals surface area contributed by atoms with Gasteiger partial charge in [-0.2, -0.15) is 0 Å². The quantitative estimate of drug-likeness (QED) is 0.301. The zero-order chi connectivity index (χ0) is 26.8. The van der Waals surface area contributed by atoms with Crippen molar-refractivity contribution in [2.75, 3.05) is 33.2 Å². The van der Waals surface area contributed by atoms with Gasteiger partial charge in [-0.25, -0.2) is 4.98 Å². The summed E-state index contributed by atoms with van der Waals surface area (Å²) in [4.78, 5) is 27.2. The molecule has 7 heteroatoms. The highest BCUT2D eigenvalue weighted by Crippen LogP contribution is 2.74. The highest BCUT2D eigenvalue weighted by molar-refractivity contribution is 6.31. The Hall–Kier alpha value is -3.06. The van der Waals surface area contributed by atoms with Crippen molar-refractivity contribution in [3.05, 3.63) is 99.7 Å². The van der Waals surface area contributed by atoms with Crippen LogP contribution >= 0.6 is 11.6 Å². The van der Waals surface area contributed by atoms with Crippen LogP contribution in [0.5, 0.6) is 0 Å². The molecule has 0 N–H and O–H groups in total. The third kappa shape index (κ3) is 4.30. The van der Waals surface area contributed by atoms with Crippen LogP contribution in [-0.4, -0.2) is 63.2 Å². The number of ketones is 1. The fourth-order valence-electron chi connectivity index (χ4n) is 7.17. The smallest absolute Gasteiger partial charge is 0.167 e. The molecule has 2 bridgehead atoms. The van der Waals surface area contributed by atoms with E-state index in [2.05, 4.69) is 63.6 Å². The highest BCUT2D eigenvalue weighted by Gasteiger charge is 2.70. The molecular weight excluding hydrogens is 506 g/mol. The summed E-state index contributed by atoms with van der Waals surface area (Å²) in [6.45, 7) is 7.32. The summed E-state index contributed by atoms with van der Waals surface area (Å²) < 4.78 is 2.06. The largest absolute Gasteiger partial charge is 0.304 e. The van der Waals surface area contributed by atoms with Gasteiger partial charge in [-0.15, -0.1) is 0 Å². The molecule has 4 aliphatic rings. The van der Waals surface area contributed by atoms with Gasteiger partial charge in [0.05, 0.1) is 11.9 Å². The second-order valence-corrected chi connectivity index (χ2v) is 12.6. The van der Waals surface area contributed by atoms with Gasteiger partial charge < -0.3 is 9.30 Å². The Kier molecular flexibility index (Phi) is 5.92. The Balaban J connectivity index is 1.03. The first kappa shape index (κ1) is 24.9. The third-order valence-electron chi connectivity index (χ3n) is 9.44. The Morgan fingerprint density at radius 1 is 1.03 bits per heavy atom. The number of aromatic nitrogens is 3. The molecule has 0 unspecified atom stereocenters. The van der Waals surface area contributed by atoms with E-state index in [0.717, 1.165) is 79.3 Å². The Labute approximate surface area is 234 Å². The molecule has 3 saturated carbocycles. The Bertz CT molecular complexity index is 1530. The van der Waals surface area contributed by atoms with E-state index in [-0.39, 0.29) is 16.6 Å². The van der Waals surface area contributed by atoms with Gasteiger partial charge in [0.25, 0.3) is 0 Å². The van der Waals surface area contributed by atoms with Gasteiger partial charge in [-0.1, -0.05) is 35.9 Å². The topological polar surface area (TPSA) is 53.7 Å². The van der Waals surface area contributed by atoms with Crippen LogP contribution in [0.25, 0.3) is 5.65 Å². The number of hydrogen-bond acceptors (Lipinski definition) is 5. The van der Waals surface area contributed by atoms with Gasteiger partial charge in [0.1, 0.15) is 0 Å². The second-order valence-electron chi connectivity index (χ2n) is 12.2. The molecule has 6 nitrogen and oxygen atoms in total. The predicted octanol–water partition coefficient (Wildman–Crippen LogP) is 5.24. The lowest BCUT2D eigenvalue weighted by Gasteiger charge is -2.71. The number of rotatable bonds is 7. The fourth-order valence-corrected chi connectivity index (χ4v) is 7.44. The van der Waals surface area contributed by atoms with Crippen LogP contribution in [0.4, 0.5) is 0 Å². The van der Waals surface area contributed by atoms with Gasteiger partial charge in [-0.3, -0.25) is 14.7 Å². The van der Waals surface area contributed by atoms with Crippen molar-refractivity contribution in [2.45, 2.75) is 50.0 Å². The minimum absolute atomic E-state index is 0.147. The number of benzene rings is 2. The maximum absolute atomic E-state index is 13.4. The van der Waals surface area contributed by atoms with E-state index in [9.17, 15) is 4.79 Å². The van der Waals surface area contributed by atoms with Crippen LogP contribution in [0, 0.1) is 6.92 Å². The molecule has 0 spiro atoms. The lowest BCUT2D eigenvalue weighted by atomic mass is 9.32. The number of fused-ring (bicyclic) bond motifs is 1. The van der Waals surface area contributed by atoms with Crippen molar-refractivity contribution >= 4 is 23.0 Å². The molecule has 8 rings (SSSR count). The summed E-state index contributed by atoms with van der Waals surface area (Å²) in [5.74, 6) is 0.147. The average Bonchev–Trinajstić information content (AvgIpc) is 3.30. The summed E-state index contributed by atoms with van der Waals surface area (Å²) in [7, 11) is 2.17. The molecule has 1 saturated heterocycles. The van der Waals surface area contributed by atoms with E-state index in [4.69, 9.17) is 16.6 Å². The third-order valence-corrected chi connectivity index (χ3v) is 9.79. The van der Waals surface area contributed by atoms with Gasteiger partial charge in [-0.05, 0) is 73.0 Å². The molecule has 200 valence electrons. The number of aryl methyl sites for hydroxylation is 1. The first-order valence-corrected chi connectivity index (χ1v) is 14.3. The number of imidazole rings is 1. The number of piperazine rings is 1. The molecule has 0 amide bonds. The van der Waals surface area contributed by atoms with E-state index in [1.165, 1.54) is 16.8 Å². The summed E-state index contributed by atoms with van der Waals surface area (Å²) in [6.07, 6.45) is 11.4. The summed E-state index contributed by atoms with van der Waals surface area (Å²) in [5.41, 5.74) is 7.93. The zero-order valence-corrected chi connectivity index (χ0v) is 23.4. The number of likely N-dealkylation sites (N-methyl/N-ethyl adjacent to an activating group) is 1. The standard InChI is InChI=1S/C32H34ClN5O/c1-22-3-5-24(28(39)14-23-4-6-25(27(33)13-23)17-37-11-9-36(2)10-12-37)15-26(22)31-19-32(20-31,21-31)29-18-38-8-7-34-16-30(38)35-29/h3-8,13,15-16,18H,9-12,14,17,19-21H2,1-2H3. The van der Waals surface area contributed by atoms with E-state index < -0.39 is 0 Å². The molecule has 1 aliphatic heterocycles. The lowest BCUT2D eigenvalue weighted by molar-refractivity contribution is -0.0723. The van der Waals surface area contributed by atoms with Crippen LogP contribution in [0.1, 0.15) is 57.6 Å². The number of halogens is 1. The molecular formula is C32H34ClN5O. The molecule has 2 aromatic heterocycles. The Morgan fingerprint density at radius 2 is 1.82 bits per heavy atom. The van der Waals surface area contributed by atoms with Gasteiger partial charge >= 0.3 is 0 Å². The van der Waals surface area contributed by atoms with Gasteiger partial charge in [0, 0.05) is 73.7 Å². The zero-order valence-electron chi connectivity index (χ0n) is 22.7. The summed E-state index contributed by atoms with van der Waals surface area (Å²) >= 11 is 6.68. The van der Waals surface area contributed by atoms with Crippen molar-refractivity contribution in [2.24, 2.45) is 0 Å². The van der Waals surface area contributed by atoms with Crippen LogP contribution in [0.15, 0.2) is 61.2 Å². The van der Waals surface area contributed by atoms with Crippen molar-refractivity contribution in [3.63, 3.8) is 0 Å². The van der Waals surface area contributed by atoms with Crippen LogP contribution in [0.2, 0.25) is 5.02 Å². The molecule has 39 heavy (non-hydrogen) atoms. The van der Waals surface area contributed by atoms with Crippen molar-refractivity contribution in [3.8, 4) is 0 Å². The SMILES string of the molecule is Cc1ccc(C(=O)Cc2ccc(CN3CCN(C)CC3)c(Cl)c2)cc1C12CC(c3cn4ccncc4n3)(C1)C2. The number of carbonyl (C=O) groups is 1. The Morgan fingerprint density at radius 3 is 2.56 bits per heavy atom. The number of Topliss-reactive ketones (excluding diaryl/α,β-unsaturated/α-hetero) is 1. The maximum atomic E-state index is 13.4. The summed E-state index contributed by atoms with van der Waals surface area (Å²) in [6, 6.07) is 12.4. The molecule has 4 fully saturated rings. The highest BCUT2D eigenvalue weighted by atomic mass is 35.5. The molecule has 3 aliphatic carbocycles. The van der Waals surface area contributed by atoms with E-state index in [1.807, 2.05) is 24.5 Å². The monoisotopic (exact) mass is 539 g/mol. The lowest BCUT2D eigenvalue weighted by Crippen LogP contribution is -2.67. The maximum Gasteiger partial charge on any atom is 0.167 e. The normalized spacial score (nSPS) is 24.9. The summed E-state index contributed by atoms with van der Waals surface area (Å²) in [5, 5.41) is 0.755. The van der Waals surface area contributed by atoms with Crippen molar-refractivity contribution in [1.29, 1.82) is 0 Å². The van der Waals surface area contributed by atoms with Crippen molar-refractivity contribution < 1.29 is 4.79 Å². The molecule has 0 radical (unpaired) electrons. The van der Waals surface area contributed by atoms with E-state index >= 15 is 0 Å². The minimum Gasteiger partial charge on any atom is -0.304 e. The van der Waals surface area contributed by atoms with E-state index in [0.29, 0.717) is 6.42 Å².